The van der Waals surface area contributed by atoms with Gasteiger partial charge < -0.3 is 25.3 Å². The molecule has 0 saturated carbocycles. The number of fused-ring (bicyclic) bond motifs is 1. The molecule has 218 valence electrons. The van der Waals surface area contributed by atoms with Crippen LogP contribution in [0.1, 0.15) is 31.4 Å². The normalized spacial score (nSPS) is 14.3. The second kappa shape index (κ2) is 12.9. The maximum Gasteiger partial charge on any atom is 0.316 e. The predicted molar refractivity (Wildman–Crippen MR) is 157 cm³/mol. The number of benzene rings is 3. The van der Waals surface area contributed by atoms with Crippen LogP contribution in [0.15, 0.2) is 72.9 Å². The Hall–Kier alpha value is -4.70. The molecule has 1 atom stereocenters. The van der Waals surface area contributed by atoms with Gasteiger partial charge in [-0.15, -0.1) is 0 Å². The van der Waals surface area contributed by atoms with Gasteiger partial charge in [0.1, 0.15) is 5.75 Å². The third kappa shape index (κ3) is 6.28. The summed E-state index contributed by atoms with van der Waals surface area (Å²) >= 11 is 0. The molecule has 1 aliphatic heterocycles. The Morgan fingerprint density at radius 2 is 1.79 bits per heavy atom. The molecule has 4 aromatic rings. The quantitative estimate of drug-likeness (QED) is 0.267. The minimum Gasteiger partial charge on any atom is -0.493 e. The molecule has 0 aliphatic carbocycles. The number of carbonyl (C=O) groups excluding carboxylic acids is 2. The Morgan fingerprint density at radius 1 is 1.02 bits per heavy atom. The number of pyridine rings is 1. The highest BCUT2D eigenvalue weighted by Crippen LogP contribution is 2.39. The number of anilines is 1. The van der Waals surface area contributed by atoms with Gasteiger partial charge in [-0.3, -0.25) is 19.5 Å². The maximum atomic E-state index is 15.5. The van der Waals surface area contributed by atoms with Gasteiger partial charge in [-0.2, -0.15) is 0 Å². The smallest absolute Gasteiger partial charge is 0.316 e. The lowest BCUT2D eigenvalue weighted by Gasteiger charge is -2.29. The topological polar surface area (TPSA) is 116 Å². The van der Waals surface area contributed by atoms with Crippen LogP contribution in [0.2, 0.25) is 0 Å². The fourth-order valence-electron chi connectivity index (χ4n) is 5.10. The van der Waals surface area contributed by atoms with Crippen LogP contribution in [-0.2, 0) is 9.59 Å². The van der Waals surface area contributed by atoms with E-state index in [1.54, 1.807) is 38.4 Å². The van der Waals surface area contributed by atoms with Gasteiger partial charge in [0.2, 0.25) is 0 Å². The molecule has 0 bridgehead atoms. The molecule has 1 aliphatic rings. The summed E-state index contributed by atoms with van der Waals surface area (Å²) in [5.41, 5.74) is 6.84. The molecule has 1 saturated heterocycles. The van der Waals surface area contributed by atoms with E-state index in [0.29, 0.717) is 40.7 Å². The van der Waals surface area contributed by atoms with Gasteiger partial charge >= 0.3 is 11.8 Å². The summed E-state index contributed by atoms with van der Waals surface area (Å²) in [5.74, 6) is -0.984. The number of nitrogens with two attached hydrogens (primary N) is 1. The molecule has 3 N–H and O–H groups in total. The van der Waals surface area contributed by atoms with E-state index in [1.807, 2.05) is 30.3 Å². The molecule has 5 rings (SSSR count). The Labute approximate surface area is 243 Å². The first-order valence-electron chi connectivity index (χ1n) is 13.8. The highest BCUT2D eigenvalue weighted by molar-refractivity contribution is 6.40. The standard InChI is InChI=1S/C32H33FN4O5/c1-20(22-6-4-3-5-7-22)37(32(39)31(34)38)23-8-9-28(25(33)16-23)42-27-12-15-36-26-18-30(29(40-2)17-24(26)27)41-19-21-10-13-35-14-11-21/h3-9,12,15-18,20-21,35H,10-11,13-14,19H2,1-2H3,(H2,34,38)/t20-/m1/s1. The zero-order valence-electron chi connectivity index (χ0n) is 23.5. The first-order chi connectivity index (χ1) is 20.4. The van der Waals surface area contributed by atoms with Crippen LogP contribution in [0, 0.1) is 11.7 Å². The molecule has 42 heavy (non-hydrogen) atoms. The van der Waals surface area contributed by atoms with Crippen LogP contribution in [0.3, 0.4) is 0 Å². The van der Waals surface area contributed by atoms with Crippen molar-refractivity contribution >= 4 is 28.4 Å². The highest BCUT2D eigenvalue weighted by Gasteiger charge is 2.28. The van der Waals surface area contributed by atoms with Crippen LogP contribution in [0.5, 0.6) is 23.0 Å². The molecule has 10 heteroatoms. The maximum absolute atomic E-state index is 15.5. The number of piperidine rings is 1. The monoisotopic (exact) mass is 572 g/mol. The van der Waals surface area contributed by atoms with E-state index in [2.05, 4.69) is 10.3 Å². The van der Waals surface area contributed by atoms with Crippen LogP contribution in [0.4, 0.5) is 10.1 Å². The molecule has 3 aromatic carbocycles. The van der Waals surface area contributed by atoms with Gasteiger partial charge in [-0.25, -0.2) is 4.39 Å². The molecule has 0 spiro atoms. The van der Waals surface area contributed by atoms with Gasteiger partial charge in [0, 0.05) is 29.4 Å². The molecule has 1 aromatic heterocycles. The fourth-order valence-corrected chi connectivity index (χ4v) is 5.10. The number of halogens is 1. The summed E-state index contributed by atoms with van der Waals surface area (Å²) in [6.07, 6.45) is 3.67. The average Bonchev–Trinajstić information content (AvgIpc) is 3.01. The van der Waals surface area contributed by atoms with E-state index in [4.69, 9.17) is 19.9 Å². The zero-order valence-corrected chi connectivity index (χ0v) is 23.5. The SMILES string of the molecule is COc1cc2c(Oc3ccc(N(C(=O)C(N)=O)[C@H](C)c4ccccc4)cc3F)ccnc2cc1OCC1CCNCC1. The van der Waals surface area contributed by atoms with Crippen LogP contribution in [-0.4, -0.2) is 43.6 Å². The van der Waals surface area contributed by atoms with Crippen LogP contribution < -0.4 is 30.2 Å². The number of carbonyl (C=O) groups is 2. The third-order valence-corrected chi connectivity index (χ3v) is 7.43. The number of ether oxygens (including phenoxy) is 3. The van der Waals surface area contributed by atoms with E-state index in [0.717, 1.165) is 37.6 Å². The molecule has 9 nitrogen and oxygen atoms in total. The summed E-state index contributed by atoms with van der Waals surface area (Å²) in [6, 6.07) is 17.7. The summed E-state index contributed by atoms with van der Waals surface area (Å²) in [6.45, 7) is 4.28. The molecule has 1 fully saturated rings. The fraction of sp³-hybridized carbons (Fsp3) is 0.281. The zero-order chi connectivity index (χ0) is 29.6. The van der Waals surface area contributed by atoms with Crippen molar-refractivity contribution < 1.29 is 28.2 Å². The lowest BCUT2D eigenvalue weighted by atomic mass is 9.99. The average molecular weight is 573 g/mol. The number of nitrogens with zero attached hydrogens (tertiary/aromatic N) is 2. The van der Waals surface area contributed by atoms with Crippen LogP contribution >= 0.6 is 0 Å². The van der Waals surface area contributed by atoms with Gasteiger partial charge in [0.25, 0.3) is 0 Å². The Morgan fingerprint density at radius 3 is 2.48 bits per heavy atom. The minimum atomic E-state index is -1.14. The van der Waals surface area contributed by atoms with Crippen molar-refractivity contribution in [1.82, 2.24) is 10.3 Å². The number of rotatable bonds is 9. The van der Waals surface area contributed by atoms with Crippen molar-refractivity contribution in [1.29, 1.82) is 0 Å². The van der Waals surface area contributed by atoms with Crippen molar-refractivity contribution in [2.45, 2.75) is 25.8 Å². The van der Waals surface area contributed by atoms with Crippen molar-refractivity contribution in [3.05, 3.63) is 84.3 Å². The number of amides is 2. The van der Waals surface area contributed by atoms with E-state index in [1.165, 1.54) is 17.0 Å². The summed E-state index contributed by atoms with van der Waals surface area (Å²) < 4.78 is 33.2. The van der Waals surface area contributed by atoms with Gasteiger partial charge in [-0.1, -0.05) is 30.3 Å². The van der Waals surface area contributed by atoms with Crippen LogP contribution in [0.25, 0.3) is 10.9 Å². The van der Waals surface area contributed by atoms with Crippen molar-refractivity contribution in [2.24, 2.45) is 11.7 Å². The van der Waals surface area contributed by atoms with E-state index in [9.17, 15) is 9.59 Å². The lowest BCUT2D eigenvalue weighted by molar-refractivity contribution is -0.135. The number of nitrogens with one attached hydrogen (secondary N) is 1. The first kappa shape index (κ1) is 28.8. The Balaban J connectivity index is 1.41. The second-order valence-electron chi connectivity index (χ2n) is 10.2. The molecular formula is C32H33FN4O5. The number of hydrogen-bond acceptors (Lipinski definition) is 7. The molecule has 2 heterocycles. The number of hydrogen-bond donors (Lipinski definition) is 2. The lowest BCUT2D eigenvalue weighted by Crippen LogP contribution is -2.42. The predicted octanol–water partition coefficient (Wildman–Crippen LogP) is 5.13. The van der Waals surface area contributed by atoms with E-state index >= 15 is 4.39 Å². The summed E-state index contributed by atoms with van der Waals surface area (Å²) in [4.78, 5) is 30.3. The van der Waals surface area contributed by atoms with Gasteiger partial charge in [0.15, 0.2) is 23.1 Å². The van der Waals surface area contributed by atoms with E-state index < -0.39 is 23.7 Å². The Bertz CT molecular complexity index is 1580. The van der Waals surface area contributed by atoms with Crippen molar-refractivity contribution in [2.75, 3.05) is 31.7 Å². The minimum absolute atomic E-state index is 0.0738. The van der Waals surface area contributed by atoms with E-state index in [-0.39, 0.29) is 11.4 Å². The number of aromatic nitrogens is 1. The largest absolute Gasteiger partial charge is 0.493 e. The van der Waals surface area contributed by atoms with Gasteiger partial charge in [0.05, 0.1) is 25.3 Å². The second-order valence-corrected chi connectivity index (χ2v) is 10.2. The highest BCUT2D eigenvalue weighted by atomic mass is 19.1. The van der Waals surface area contributed by atoms with Gasteiger partial charge in [-0.05, 0) is 68.6 Å². The third-order valence-electron chi connectivity index (χ3n) is 7.43. The summed E-state index contributed by atoms with van der Waals surface area (Å²) in [5, 5.41) is 3.96. The number of primary amides is 1. The molecule has 0 unspecified atom stereocenters. The van der Waals surface area contributed by atoms with Crippen molar-refractivity contribution in [3.8, 4) is 23.0 Å². The van der Waals surface area contributed by atoms with Crippen molar-refractivity contribution in [3.63, 3.8) is 0 Å². The molecule has 2 amide bonds. The molecular weight excluding hydrogens is 539 g/mol. The first-order valence-corrected chi connectivity index (χ1v) is 13.8. The Kier molecular flexibility index (Phi) is 8.83. The summed E-state index contributed by atoms with van der Waals surface area (Å²) in [7, 11) is 1.56. The number of methoxy groups -OCH3 is 1. The molecule has 0 radical (unpaired) electrons.